The summed E-state index contributed by atoms with van der Waals surface area (Å²) in [6.45, 7) is 6.82. The van der Waals surface area contributed by atoms with E-state index in [2.05, 4.69) is 15.3 Å². The Bertz CT molecular complexity index is 1220. The van der Waals surface area contributed by atoms with Crippen LogP contribution in [0.15, 0.2) is 48.5 Å². The Morgan fingerprint density at radius 2 is 1.95 bits per heavy atom. The predicted molar refractivity (Wildman–Crippen MR) is 144 cm³/mol. The fraction of sp³-hybridized carbons (Fsp3) is 0.407. The topological polar surface area (TPSA) is 106 Å². The monoisotopic (exact) mass is 549 g/mol. The number of nitrogens with zero attached hydrogens (tertiary/aromatic N) is 3. The molecular formula is C27H34ClF2N5O3. The third-order valence-electron chi connectivity index (χ3n) is 6.04. The van der Waals surface area contributed by atoms with Gasteiger partial charge in [-0.3, -0.25) is 5.32 Å². The number of para-hydroxylation sites is 1. The third-order valence-corrected chi connectivity index (χ3v) is 6.43. The summed E-state index contributed by atoms with van der Waals surface area (Å²) in [6.07, 6.45) is 1.24. The summed E-state index contributed by atoms with van der Waals surface area (Å²) < 4.78 is 32.5. The highest BCUT2D eigenvalue weighted by molar-refractivity contribution is 6.34. The van der Waals surface area contributed by atoms with Gasteiger partial charge in [-0.25, -0.2) is 18.3 Å². The molecule has 1 aromatic heterocycles. The second kappa shape index (κ2) is 13.1. The molecule has 0 bridgehead atoms. The van der Waals surface area contributed by atoms with Crippen LogP contribution in [0.2, 0.25) is 5.02 Å². The number of amides is 2. The molecule has 0 aliphatic carbocycles. The Labute approximate surface area is 226 Å². The SMILES string of the molecule is CC(C)(O)Cc1nn(-c2ccccc2)c(NC(N)=O)c1Cl.COCCN1CCC(c2ccc(F)c(F)c2)C1. The van der Waals surface area contributed by atoms with Crippen LogP contribution >= 0.6 is 11.6 Å². The molecule has 1 aliphatic rings. The molecule has 38 heavy (non-hydrogen) atoms. The highest BCUT2D eigenvalue weighted by Gasteiger charge is 2.25. The Morgan fingerprint density at radius 1 is 1.24 bits per heavy atom. The fourth-order valence-electron chi connectivity index (χ4n) is 4.24. The lowest BCUT2D eigenvalue weighted by molar-refractivity contribution is 0.0798. The van der Waals surface area contributed by atoms with Crippen molar-refractivity contribution in [2.75, 3.05) is 38.7 Å². The van der Waals surface area contributed by atoms with Crippen molar-refractivity contribution in [1.82, 2.24) is 14.7 Å². The molecule has 0 saturated carbocycles. The number of aliphatic hydroxyl groups is 1. The minimum atomic E-state index is -0.969. The summed E-state index contributed by atoms with van der Waals surface area (Å²) in [7, 11) is 1.68. The summed E-state index contributed by atoms with van der Waals surface area (Å²) in [4.78, 5) is 13.4. The van der Waals surface area contributed by atoms with Crippen molar-refractivity contribution in [1.29, 1.82) is 0 Å². The first kappa shape index (κ1) is 29.5. The number of carbonyl (C=O) groups excluding carboxylic acids is 1. The molecule has 0 spiro atoms. The summed E-state index contributed by atoms with van der Waals surface area (Å²) in [5.41, 5.74) is 6.31. The first-order chi connectivity index (χ1) is 18.0. The van der Waals surface area contributed by atoms with Gasteiger partial charge in [-0.1, -0.05) is 35.9 Å². The van der Waals surface area contributed by atoms with Crippen molar-refractivity contribution in [3.8, 4) is 5.69 Å². The number of halogens is 3. The molecule has 1 aliphatic heterocycles. The summed E-state index contributed by atoms with van der Waals surface area (Å²) in [6, 6.07) is 12.7. The number of carbonyl (C=O) groups is 1. The molecule has 4 rings (SSSR count). The molecule has 3 aromatic rings. The molecule has 2 aromatic carbocycles. The van der Waals surface area contributed by atoms with Crippen molar-refractivity contribution in [3.63, 3.8) is 0 Å². The van der Waals surface area contributed by atoms with Crippen molar-refractivity contribution in [3.05, 3.63) is 76.4 Å². The number of primary amides is 1. The van der Waals surface area contributed by atoms with Crippen molar-refractivity contribution >= 4 is 23.4 Å². The maximum Gasteiger partial charge on any atom is 0.317 e. The van der Waals surface area contributed by atoms with Crippen LogP contribution in [-0.2, 0) is 11.2 Å². The van der Waals surface area contributed by atoms with Gasteiger partial charge in [0.15, 0.2) is 17.5 Å². The molecule has 1 saturated heterocycles. The van der Waals surface area contributed by atoms with E-state index in [9.17, 15) is 18.7 Å². The average Bonchev–Trinajstić information content (AvgIpc) is 3.45. The van der Waals surface area contributed by atoms with Crippen LogP contribution in [0.25, 0.3) is 5.69 Å². The van der Waals surface area contributed by atoms with Crippen LogP contribution < -0.4 is 11.1 Å². The van der Waals surface area contributed by atoms with Crippen LogP contribution in [0, 0.1) is 11.6 Å². The first-order valence-electron chi connectivity index (χ1n) is 12.3. The van der Waals surface area contributed by atoms with E-state index in [1.807, 2.05) is 30.3 Å². The molecule has 1 atom stereocenters. The van der Waals surface area contributed by atoms with Gasteiger partial charge in [-0.15, -0.1) is 0 Å². The van der Waals surface area contributed by atoms with E-state index >= 15 is 0 Å². The van der Waals surface area contributed by atoms with Crippen molar-refractivity contribution in [2.45, 2.75) is 38.2 Å². The number of rotatable bonds is 8. The minimum absolute atomic E-state index is 0.249. The summed E-state index contributed by atoms with van der Waals surface area (Å²) in [5.74, 6) is -0.933. The maximum atomic E-state index is 13.1. The number of hydrogen-bond acceptors (Lipinski definition) is 5. The quantitative estimate of drug-likeness (QED) is 0.377. The number of ether oxygens (including phenoxy) is 1. The van der Waals surface area contributed by atoms with Gasteiger partial charge in [0.25, 0.3) is 0 Å². The van der Waals surface area contributed by atoms with E-state index < -0.39 is 23.3 Å². The van der Waals surface area contributed by atoms with Crippen molar-refractivity contribution in [2.24, 2.45) is 5.73 Å². The molecule has 11 heteroatoms. The Balaban J connectivity index is 0.000000215. The summed E-state index contributed by atoms with van der Waals surface area (Å²) in [5, 5.41) is 17.0. The van der Waals surface area contributed by atoms with Crippen LogP contribution in [0.1, 0.15) is 37.4 Å². The molecule has 8 nitrogen and oxygen atoms in total. The second-order valence-electron chi connectivity index (χ2n) is 9.79. The summed E-state index contributed by atoms with van der Waals surface area (Å²) >= 11 is 6.26. The van der Waals surface area contributed by atoms with E-state index in [0.29, 0.717) is 18.2 Å². The Kier molecular flexibility index (Phi) is 10.2. The number of likely N-dealkylation sites (tertiary alicyclic amines) is 1. The molecule has 1 fully saturated rings. The van der Waals surface area contributed by atoms with Crippen molar-refractivity contribution < 1.29 is 23.4 Å². The van der Waals surface area contributed by atoms with E-state index in [0.717, 1.165) is 37.3 Å². The largest absolute Gasteiger partial charge is 0.390 e. The van der Waals surface area contributed by atoms with Gasteiger partial charge in [0.05, 0.1) is 23.6 Å². The highest BCUT2D eigenvalue weighted by atomic mass is 35.5. The van der Waals surface area contributed by atoms with Gasteiger partial charge < -0.3 is 20.5 Å². The van der Waals surface area contributed by atoms with Gasteiger partial charge in [-0.2, -0.15) is 5.10 Å². The first-order valence-corrected chi connectivity index (χ1v) is 12.6. The number of benzene rings is 2. The number of anilines is 1. The molecule has 206 valence electrons. The van der Waals surface area contributed by atoms with E-state index in [1.165, 1.54) is 16.8 Å². The lowest BCUT2D eigenvalue weighted by Gasteiger charge is -2.15. The maximum absolute atomic E-state index is 13.1. The van der Waals surface area contributed by atoms with Gasteiger partial charge in [-0.05, 0) is 62.6 Å². The number of methoxy groups -OCH3 is 1. The zero-order valence-electron chi connectivity index (χ0n) is 21.8. The Hall–Kier alpha value is -3.05. The number of nitrogens with one attached hydrogen (secondary N) is 1. The van der Waals surface area contributed by atoms with Crippen LogP contribution in [0.5, 0.6) is 0 Å². The minimum Gasteiger partial charge on any atom is -0.390 e. The van der Waals surface area contributed by atoms with E-state index in [1.54, 1.807) is 27.0 Å². The predicted octanol–water partition coefficient (Wildman–Crippen LogP) is 4.73. The number of urea groups is 1. The lowest BCUT2D eigenvalue weighted by Crippen LogP contribution is -2.24. The highest BCUT2D eigenvalue weighted by Crippen LogP contribution is 2.31. The lowest BCUT2D eigenvalue weighted by atomic mass is 9.98. The van der Waals surface area contributed by atoms with E-state index in [4.69, 9.17) is 22.1 Å². The standard InChI is InChI=1S/C14H17ClN4O2.C13H17F2NO/c1-14(2,21)8-10-11(15)12(17-13(16)20)19(18-10)9-6-4-3-5-7-9;1-17-7-6-16-5-4-11(9-16)10-2-3-12(14)13(15)8-10/h3-7,21H,8H2,1-2H3,(H3,16,17,20);2-3,8,11H,4-7,9H2,1H3. The molecule has 2 heterocycles. The molecule has 1 unspecified atom stereocenters. The Morgan fingerprint density at radius 3 is 2.55 bits per heavy atom. The van der Waals surface area contributed by atoms with Gasteiger partial charge in [0.2, 0.25) is 0 Å². The second-order valence-corrected chi connectivity index (χ2v) is 10.2. The normalized spacial score (nSPS) is 15.7. The molecular weight excluding hydrogens is 516 g/mol. The van der Waals surface area contributed by atoms with Crippen LogP contribution in [0.4, 0.5) is 19.4 Å². The fourth-order valence-corrected chi connectivity index (χ4v) is 4.47. The number of nitrogens with two attached hydrogens (primary N) is 1. The van der Waals surface area contributed by atoms with Gasteiger partial charge in [0, 0.05) is 26.6 Å². The smallest absolute Gasteiger partial charge is 0.317 e. The molecule has 0 radical (unpaired) electrons. The zero-order valence-corrected chi connectivity index (χ0v) is 22.5. The van der Waals surface area contributed by atoms with Crippen LogP contribution in [0.3, 0.4) is 0 Å². The average molecular weight is 550 g/mol. The number of hydrogen-bond donors (Lipinski definition) is 3. The zero-order chi connectivity index (χ0) is 27.9. The van der Waals surface area contributed by atoms with E-state index in [-0.39, 0.29) is 17.3 Å². The molecule has 2 amide bonds. The van der Waals surface area contributed by atoms with Gasteiger partial charge in [0.1, 0.15) is 5.02 Å². The van der Waals surface area contributed by atoms with Gasteiger partial charge >= 0.3 is 6.03 Å². The third kappa shape index (κ3) is 8.22. The molecule has 4 N–H and O–H groups in total. The van der Waals surface area contributed by atoms with Crippen LogP contribution in [-0.4, -0.2) is 64.8 Å². The number of aromatic nitrogens is 2.